The van der Waals surface area contributed by atoms with Gasteiger partial charge in [-0.15, -0.1) is 0 Å². The first-order valence-electron chi connectivity index (χ1n) is 4.39. The second-order valence-corrected chi connectivity index (χ2v) is 3.20. The molecular formula is C11H14O2. The number of aromatic hydroxyl groups is 1. The van der Waals surface area contributed by atoms with Gasteiger partial charge in [0.1, 0.15) is 5.75 Å². The summed E-state index contributed by atoms with van der Waals surface area (Å²) in [5.74, 6) is 0.177. The van der Waals surface area contributed by atoms with E-state index in [2.05, 4.69) is 0 Å². The SMILES string of the molecule is CCc1c(C)cc(O)cc1C(C)=O. The van der Waals surface area contributed by atoms with E-state index >= 15 is 0 Å². The molecule has 2 heteroatoms. The van der Waals surface area contributed by atoms with Crippen molar-refractivity contribution in [1.29, 1.82) is 0 Å². The van der Waals surface area contributed by atoms with Gasteiger partial charge in [0.25, 0.3) is 0 Å². The first kappa shape index (κ1) is 9.78. The number of rotatable bonds is 2. The van der Waals surface area contributed by atoms with Crippen LogP contribution in [0, 0.1) is 6.92 Å². The van der Waals surface area contributed by atoms with Crippen LogP contribution in [0.3, 0.4) is 0 Å². The molecule has 13 heavy (non-hydrogen) atoms. The lowest BCUT2D eigenvalue weighted by atomic mass is 9.97. The van der Waals surface area contributed by atoms with Gasteiger partial charge in [0.2, 0.25) is 0 Å². The molecule has 0 aliphatic heterocycles. The quantitative estimate of drug-likeness (QED) is 0.706. The number of hydrogen-bond acceptors (Lipinski definition) is 2. The predicted molar refractivity (Wildman–Crippen MR) is 52.2 cm³/mol. The van der Waals surface area contributed by atoms with Gasteiger partial charge in [0.05, 0.1) is 0 Å². The monoisotopic (exact) mass is 178 g/mol. The minimum absolute atomic E-state index is 0.0100. The average Bonchev–Trinajstić information content (AvgIpc) is 2.02. The maximum atomic E-state index is 11.2. The van der Waals surface area contributed by atoms with Gasteiger partial charge in [-0.25, -0.2) is 0 Å². The van der Waals surface area contributed by atoms with E-state index in [1.54, 1.807) is 6.07 Å². The first-order chi connectivity index (χ1) is 6.06. The molecule has 0 saturated carbocycles. The molecule has 0 aliphatic rings. The Kier molecular flexibility index (Phi) is 2.71. The molecule has 0 fully saturated rings. The van der Waals surface area contributed by atoms with Crippen LogP contribution in [0.4, 0.5) is 0 Å². The Morgan fingerprint density at radius 2 is 2.08 bits per heavy atom. The molecule has 0 aromatic heterocycles. The zero-order valence-corrected chi connectivity index (χ0v) is 8.22. The molecule has 1 aromatic rings. The lowest BCUT2D eigenvalue weighted by Gasteiger charge is -2.08. The van der Waals surface area contributed by atoms with Gasteiger partial charge in [0.15, 0.2) is 5.78 Å². The normalized spacial score (nSPS) is 10.1. The van der Waals surface area contributed by atoms with E-state index < -0.39 is 0 Å². The lowest BCUT2D eigenvalue weighted by molar-refractivity contribution is 0.101. The molecule has 1 rings (SSSR count). The smallest absolute Gasteiger partial charge is 0.160 e. The highest BCUT2D eigenvalue weighted by Gasteiger charge is 2.09. The summed E-state index contributed by atoms with van der Waals surface area (Å²) < 4.78 is 0. The Hall–Kier alpha value is -1.31. The average molecular weight is 178 g/mol. The second-order valence-electron chi connectivity index (χ2n) is 3.20. The minimum atomic E-state index is 0.0100. The van der Waals surface area contributed by atoms with Crippen molar-refractivity contribution >= 4 is 5.78 Å². The van der Waals surface area contributed by atoms with E-state index in [-0.39, 0.29) is 11.5 Å². The molecule has 0 heterocycles. The molecule has 0 atom stereocenters. The third-order valence-corrected chi connectivity index (χ3v) is 2.19. The van der Waals surface area contributed by atoms with Crippen LogP contribution in [-0.2, 0) is 6.42 Å². The predicted octanol–water partition coefficient (Wildman–Crippen LogP) is 2.47. The van der Waals surface area contributed by atoms with Crippen LogP contribution in [0.15, 0.2) is 12.1 Å². The molecule has 2 nitrogen and oxygen atoms in total. The second kappa shape index (κ2) is 3.60. The fourth-order valence-corrected chi connectivity index (χ4v) is 1.58. The third-order valence-electron chi connectivity index (χ3n) is 2.19. The van der Waals surface area contributed by atoms with Crippen LogP contribution in [0.2, 0.25) is 0 Å². The van der Waals surface area contributed by atoms with Gasteiger partial charge >= 0.3 is 0 Å². The summed E-state index contributed by atoms with van der Waals surface area (Å²) in [6.45, 7) is 5.43. The van der Waals surface area contributed by atoms with Crippen molar-refractivity contribution in [3.05, 3.63) is 28.8 Å². The molecule has 0 saturated heterocycles. The Bertz CT molecular complexity index is 340. The highest BCUT2D eigenvalue weighted by Crippen LogP contribution is 2.22. The van der Waals surface area contributed by atoms with Crippen molar-refractivity contribution < 1.29 is 9.90 Å². The van der Waals surface area contributed by atoms with Gasteiger partial charge in [-0.1, -0.05) is 6.92 Å². The highest BCUT2D eigenvalue weighted by atomic mass is 16.3. The maximum absolute atomic E-state index is 11.2. The fourth-order valence-electron chi connectivity index (χ4n) is 1.58. The van der Waals surface area contributed by atoms with Crippen LogP contribution in [0.1, 0.15) is 35.3 Å². The van der Waals surface area contributed by atoms with Crippen LogP contribution in [0.25, 0.3) is 0 Å². The fraction of sp³-hybridized carbons (Fsp3) is 0.364. The van der Waals surface area contributed by atoms with Crippen LogP contribution >= 0.6 is 0 Å². The molecule has 0 spiro atoms. The Morgan fingerprint density at radius 3 is 2.54 bits per heavy atom. The molecule has 0 unspecified atom stereocenters. The summed E-state index contributed by atoms with van der Waals surface area (Å²) in [6, 6.07) is 3.22. The maximum Gasteiger partial charge on any atom is 0.160 e. The largest absolute Gasteiger partial charge is 0.508 e. The van der Waals surface area contributed by atoms with Crippen molar-refractivity contribution in [3.63, 3.8) is 0 Å². The van der Waals surface area contributed by atoms with E-state index in [0.29, 0.717) is 5.56 Å². The number of aryl methyl sites for hydroxylation is 1. The van der Waals surface area contributed by atoms with E-state index in [0.717, 1.165) is 17.5 Å². The van der Waals surface area contributed by atoms with E-state index in [4.69, 9.17) is 0 Å². The summed E-state index contributed by atoms with van der Waals surface area (Å²) in [5.41, 5.74) is 2.65. The topological polar surface area (TPSA) is 37.3 Å². The van der Waals surface area contributed by atoms with Gasteiger partial charge in [-0.05, 0) is 43.5 Å². The van der Waals surface area contributed by atoms with Crippen molar-refractivity contribution in [2.24, 2.45) is 0 Å². The van der Waals surface area contributed by atoms with Crippen LogP contribution < -0.4 is 0 Å². The Morgan fingerprint density at radius 1 is 1.46 bits per heavy atom. The molecule has 0 radical (unpaired) electrons. The standard InChI is InChI=1S/C11H14O2/c1-4-10-7(2)5-9(13)6-11(10)8(3)12/h5-6,13H,4H2,1-3H3. The number of ketones is 1. The zero-order valence-electron chi connectivity index (χ0n) is 8.22. The lowest BCUT2D eigenvalue weighted by Crippen LogP contribution is -2.00. The number of phenols is 1. The highest BCUT2D eigenvalue weighted by molar-refractivity contribution is 5.96. The molecule has 0 amide bonds. The first-order valence-corrected chi connectivity index (χ1v) is 4.39. The molecule has 0 bridgehead atoms. The number of benzene rings is 1. The molecule has 1 N–H and O–H groups in total. The van der Waals surface area contributed by atoms with Crippen molar-refractivity contribution in [2.45, 2.75) is 27.2 Å². The van der Waals surface area contributed by atoms with Gasteiger partial charge in [-0.2, -0.15) is 0 Å². The summed E-state index contributed by atoms with van der Waals surface area (Å²) in [6.07, 6.45) is 0.820. The Balaban J connectivity index is 3.38. The Labute approximate surface area is 78.2 Å². The minimum Gasteiger partial charge on any atom is -0.508 e. The number of phenolic OH excluding ortho intramolecular Hbond substituents is 1. The number of Topliss-reactive ketones (excluding diaryl/α,β-unsaturated/α-hetero) is 1. The van der Waals surface area contributed by atoms with Gasteiger partial charge in [-0.3, -0.25) is 4.79 Å². The summed E-state index contributed by atoms with van der Waals surface area (Å²) in [4.78, 5) is 11.2. The molecular weight excluding hydrogens is 164 g/mol. The van der Waals surface area contributed by atoms with Crippen LogP contribution in [0.5, 0.6) is 5.75 Å². The van der Waals surface area contributed by atoms with E-state index in [9.17, 15) is 9.90 Å². The molecule has 1 aromatic carbocycles. The van der Waals surface area contributed by atoms with Crippen molar-refractivity contribution in [1.82, 2.24) is 0 Å². The van der Waals surface area contributed by atoms with Gasteiger partial charge in [0, 0.05) is 5.56 Å². The molecule has 70 valence electrons. The van der Waals surface area contributed by atoms with Crippen molar-refractivity contribution in [3.8, 4) is 5.75 Å². The number of carbonyl (C=O) groups excluding carboxylic acids is 1. The zero-order chi connectivity index (χ0) is 10.0. The molecule has 0 aliphatic carbocycles. The number of hydrogen-bond donors (Lipinski definition) is 1. The van der Waals surface area contributed by atoms with Gasteiger partial charge < -0.3 is 5.11 Å². The number of carbonyl (C=O) groups is 1. The summed E-state index contributed by atoms with van der Waals surface area (Å²) >= 11 is 0. The van der Waals surface area contributed by atoms with Crippen LogP contribution in [-0.4, -0.2) is 10.9 Å². The van der Waals surface area contributed by atoms with Crippen molar-refractivity contribution in [2.75, 3.05) is 0 Å². The van der Waals surface area contributed by atoms with E-state index in [1.165, 1.54) is 13.0 Å². The summed E-state index contributed by atoms with van der Waals surface area (Å²) in [5, 5.41) is 9.31. The summed E-state index contributed by atoms with van der Waals surface area (Å²) in [7, 11) is 0. The third kappa shape index (κ3) is 1.89. The van der Waals surface area contributed by atoms with E-state index in [1.807, 2.05) is 13.8 Å².